The second-order valence-electron chi connectivity index (χ2n) is 1.67. The molecule has 0 radical (unpaired) electrons. The summed E-state index contributed by atoms with van der Waals surface area (Å²) in [4.78, 5) is 9.08. The van der Waals surface area contributed by atoms with Crippen molar-refractivity contribution >= 4 is 5.82 Å². The van der Waals surface area contributed by atoms with E-state index in [-0.39, 0.29) is 4.68 Å². The van der Waals surface area contributed by atoms with E-state index in [0.29, 0.717) is 0 Å². The molecule has 0 N–H and O–H groups in total. The maximum Gasteiger partial charge on any atom is 0.406 e. The third-order valence-corrected chi connectivity index (χ3v) is 1.02. The van der Waals surface area contributed by atoms with Gasteiger partial charge < -0.3 is 10.1 Å². The Morgan fingerprint density at radius 1 is 1.73 bits per heavy atom. The van der Waals surface area contributed by atoms with E-state index in [1.165, 1.54) is 0 Å². The lowest BCUT2D eigenvalue weighted by Crippen LogP contribution is -2.04. The van der Waals surface area contributed by atoms with Crippen LogP contribution in [0.2, 0.25) is 0 Å². The zero-order chi connectivity index (χ0) is 8.43. The summed E-state index contributed by atoms with van der Waals surface area (Å²) in [6.45, 7) is -2.97. The van der Waals surface area contributed by atoms with Crippen molar-refractivity contribution in [3.63, 3.8) is 0 Å². The molecule has 0 unspecified atom stereocenters. The molecule has 7 heteroatoms. The molecule has 0 aliphatic carbocycles. The second-order valence-corrected chi connectivity index (χ2v) is 1.67. The molecule has 11 heavy (non-hydrogen) atoms. The van der Waals surface area contributed by atoms with E-state index in [4.69, 9.17) is 0 Å². The molecule has 1 aromatic heterocycles. The SMILES string of the molecule is O=[N+]([O-])c1ccnn1C(F)F. The van der Waals surface area contributed by atoms with Crippen LogP contribution < -0.4 is 0 Å². The minimum absolute atomic E-state index is 0.0417. The molecular weight excluding hydrogens is 160 g/mol. The number of hydrogen-bond acceptors (Lipinski definition) is 3. The van der Waals surface area contributed by atoms with Gasteiger partial charge in [-0.3, -0.25) is 0 Å². The van der Waals surface area contributed by atoms with E-state index >= 15 is 0 Å². The number of hydrogen-bond donors (Lipinski definition) is 0. The quantitative estimate of drug-likeness (QED) is 0.485. The Morgan fingerprint density at radius 2 is 2.36 bits per heavy atom. The highest BCUT2D eigenvalue weighted by molar-refractivity contribution is 5.16. The van der Waals surface area contributed by atoms with Crippen molar-refractivity contribution in [1.82, 2.24) is 9.78 Å². The largest absolute Gasteiger partial charge is 0.406 e. The van der Waals surface area contributed by atoms with Gasteiger partial charge in [-0.15, -0.1) is 0 Å². The van der Waals surface area contributed by atoms with Crippen LogP contribution >= 0.6 is 0 Å². The summed E-state index contributed by atoms with van der Waals surface area (Å²) in [6.07, 6.45) is 0.949. The monoisotopic (exact) mass is 163 g/mol. The zero-order valence-electron chi connectivity index (χ0n) is 5.15. The van der Waals surface area contributed by atoms with Gasteiger partial charge in [-0.05, 0) is 4.92 Å². The first-order valence-electron chi connectivity index (χ1n) is 2.59. The van der Waals surface area contributed by atoms with Crippen LogP contribution in [0.1, 0.15) is 6.55 Å². The van der Waals surface area contributed by atoms with Crippen molar-refractivity contribution in [3.05, 3.63) is 22.4 Å². The fourth-order valence-electron chi connectivity index (χ4n) is 0.602. The van der Waals surface area contributed by atoms with Gasteiger partial charge >= 0.3 is 12.4 Å². The molecule has 0 aliphatic heterocycles. The van der Waals surface area contributed by atoms with Gasteiger partial charge in [0.1, 0.15) is 0 Å². The van der Waals surface area contributed by atoms with Crippen molar-refractivity contribution in [3.8, 4) is 0 Å². The van der Waals surface area contributed by atoms with Gasteiger partial charge in [0.25, 0.3) is 0 Å². The van der Waals surface area contributed by atoms with Crippen LogP contribution in [-0.2, 0) is 0 Å². The number of nitrogens with zero attached hydrogens (tertiary/aromatic N) is 3. The molecule has 0 saturated heterocycles. The van der Waals surface area contributed by atoms with Gasteiger partial charge in [-0.25, -0.2) is 0 Å². The lowest BCUT2D eigenvalue weighted by atomic mass is 10.6. The van der Waals surface area contributed by atoms with Crippen molar-refractivity contribution in [1.29, 1.82) is 0 Å². The highest BCUT2D eigenvalue weighted by Crippen LogP contribution is 2.17. The van der Waals surface area contributed by atoms with Crippen LogP contribution in [0.5, 0.6) is 0 Å². The van der Waals surface area contributed by atoms with Gasteiger partial charge in [0.2, 0.25) is 0 Å². The van der Waals surface area contributed by atoms with Gasteiger partial charge in [0.05, 0.1) is 12.3 Å². The highest BCUT2D eigenvalue weighted by Gasteiger charge is 2.21. The van der Waals surface area contributed by atoms with E-state index in [1.807, 2.05) is 0 Å². The molecule has 0 amide bonds. The minimum Gasteiger partial charge on any atom is -0.358 e. The maximum atomic E-state index is 11.8. The van der Waals surface area contributed by atoms with Crippen LogP contribution in [0.4, 0.5) is 14.6 Å². The molecule has 1 rings (SSSR count). The Bertz CT molecular complexity index is 272. The lowest BCUT2D eigenvalue weighted by molar-refractivity contribution is -0.394. The summed E-state index contributed by atoms with van der Waals surface area (Å²) >= 11 is 0. The second kappa shape index (κ2) is 2.60. The number of halogens is 2. The first kappa shape index (κ1) is 7.58. The van der Waals surface area contributed by atoms with Gasteiger partial charge in [-0.2, -0.15) is 8.78 Å². The van der Waals surface area contributed by atoms with E-state index in [0.717, 1.165) is 12.3 Å². The fourth-order valence-corrected chi connectivity index (χ4v) is 0.602. The Labute approximate surface area is 59.4 Å². The highest BCUT2D eigenvalue weighted by atomic mass is 19.3. The molecular formula is C4H3F2N3O2. The van der Waals surface area contributed by atoms with E-state index in [9.17, 15) is 18.9 Å². The molecule has 0 aliphatic rings. The average Bonchev–Trinajstić information content (AvgIpc) is 2.32. The van der Waals surface area contributed by atoms with Crippen LogP contribution in [-0.4, -0.2) is 14.7 Å². The van der Waals surface area contributed by atoms with Crippen LogP contribution in [0, 0.1) is 10.1 Å². The van der Waals surface area contributed by atoms with Crippen molar-refractivity contribution < 1.29 is 13.7 Å². The molecule has 0 saturated carbocycles. The molecule has 60 valence electrons. The van der Waals surface area contributed by atoms with E-state index in [2.05, 4.69) is 5.10 Å². The first-order valence-corrected chi connectivity index (χ1v) is 2.59. The number of rotatable bonds is 2. The molecule has 0 bridgehead atoms. The topological polar surface area (TPSA) is 61.0 Å². The summed E-state index contributed by atoms with van der Waals surface area (Å²) in [5, 5.41) is 13.1. The molecule has 1 heterocycles. The third-order valence-electron chi connectivity index (χ3n) is 1.02. The first-order chi connectivity index (χ1) is 5.13. The summed E-state index contributed by atoms with van der Waals surface area (Å²) in [6, 6.07) is 0.909. The Kier molecular flexibility index (Phi) is 1.79. The Morgan fingerprint density at radius 3 is 2.73 bits per heavy atom. The van der Waals surface area contributed by atoms with Gasteiger partial charge in [0, 0.05) is 0 Å². The number of nitro groups is 1. The summed E-state index contributed by atoms with van der Waals surface area (Å²) in [7, 11) is 0. The molecule has 0 fully saturated rings. The van der Waals surface area contributed by atoms with Gasteiger partial charge in [-0.1, -0.05) is 9.78 Å². The number of aromatic nitrogens is 2. The smallest absolute Gasteiger partial charge is 0.358 e. The molecule has 0 spiro atoms. The Balaban J connectivity index is 3.06. The minimum atomic E-state index is -2.97. The predicted molar refractivity (Wildman–Crippen MR) is 30.1 cm³/mol. The van der Waals surface area contributed by atoms with Crippen molar-refractivity contribution in [2.75, 3.05) is 0 Å². The van der Waals surface area contributed by atoms with Gasteiger partial charge in [0.15, 0.2) is 0 Å². The van der Waals surface area contributed by atoms with Crippen LogP contribution in [0.3, 0.4) is 0 Å². The van der Waals surface area contributed by atoms with E-state index < -0.39 is 17.3 Å². The molecule has 0 atom stereocenters. The normalized spacial score (nSPS) is 10.5. The van der Waals surface area contributed by atoms with Crippen LogP contribution in [0.25, 0.3) is 0 Å². The maximum absolute atomic E-state index is 11.8. The van der Waals surface area contributed by atoms with Crippen molar-refractivity contribution in [2.45, 2.75) is 6.55 Å². The van der Waals surface area contributed by atoms with Crippen molar-refractivity contribution in [2.24, 2.45) is 0 Å². The van der Waals surface area contributed by atoms with Crippen LogP contribution in [0.15, 0.2) is 12.3 Å². The standard InChI is InChI=1S/C4H3F2N3O2/c5-4(6)8-3(9(10)11)1-2-7-8/h1-2,4H. The third kappa shape index (κ3) is 1.31. The molecule has 1 aromatic rings. The summed E-state index contributed by atoms with van der Waals surface area (Å²) in [5.41, 5.74) is 0. The van der Waals surface area contributed by atoms with E-state index in [1.54, 1.807) is 0 Å². The Hall–Kier alpha value is -1.53. The lowest BCUT2D eigenvalue weighted by Gasteiger charge is -1.95. The summed E-state index contributed by atoms with van der Waals surface area (Å²) < 4.78 is 23.7. The number of alkyl halides is 2. The fraction of sp³-hybridized carbons (Fsp3) is 0.250. The molecule has 5 nitrogen and oxygen atoms in total. The zero-order valence-corrected chi connectivity index (χ0v) is 5.15. The molecule has 0 aromatic carbocycles. The predicted octanol–water partition coefficient (Wildman–Crippen LogP) is 1.19. The summed E-state index contributed by atoms with van der Waals surface area (Å²) in [5.74, 6) is -0.708. The average molecular weight is 163 g/mol.